The second-order valence-electron chi connectivity index (χ2n) is 6.07. The normalized spacial score (nSPS) is 18.3. The SMILES string of the molecule is O=C(O)/C=C/c1cnc(N[C@@H]2CCCN(Cc3ccncc3)C2)cn1. The number of piperidine rings is 1. The van der Waals surface area contributed by atoms with Crippen LogP contribution in [0.2, 0.25) is 0 Å². The first kappa shape index (κ1) is 17.0. The number of carboxylic acid groups (broad SMARTS) is 1. The minimum Gasteiger partial charge on any atom is -0.478 e. The van der Waals surface area contributed by atoms with Crippen molar-refractivity contribution in [3.05, 3.63) is 54.3 Å². The molecular formula is C18H21N5O2. The van der Waals surface area contributed by atoms with Crippen LogP contribution in [0.25, 0.3) is 6.08 Å². The monoisotopic (exact) mass is 339 g/mol. The summed E-state index contributed by atoms with van der Waals surface area (Å²) in [5.41, 5.74) is 1.79. The Morgan fingerprint density at radius 2 is 2.16 bits per heavy atom. The van der Waals surface area contributed by atoms with Gasteiger partial charge in [0.05, 0.1) is 18.1 Å². The lowest BCUT2D eigenvalue weighted by Gasteiger charge is -2.33. The van der Waals surface area contributed by atoms with E-state index in [0.717, 1.165) is 38.6 Å². The molecule has 130 valence electrons. The second-order valence-corrected chi connectivity index (χ2v) is 6.07. The van der Waals surface area contributed by atoms with Crippen LogP contribution in [0.4, 0.5) is 5.82 Å². The number of hydrogen-bond acceptors (Lipinski definition) is 6. The van der Waals surface area contributed by atoms with Crippen LogP contribution in [0.3, 0.4) is 0 Å². The number of carboxylic acids is 1. The number of anilines is 1. The van der Waals surface area contributed by atoms with Crippen LogP contribution in [-0.4, -0.2) is 50.1 Å². The Morgan fingerprint density at radius 3 is 2.88 bits per heavy atom. The van der Waals surface area contributed by atoms with Gasteiger partial charge in [0.15, 0.2) is 0 Å². The van der Waals surface area contributed by atoms with E-state index < -0.39 is 5.97 Å². The number of carbonyl (C=O) groups is 1. The zero-order valence-electron chi connectivity index (χ0n) is 13.9. The number of rotatable bonds is 6. The Kier molecular flexibility index (Phi) is 5.69. The fraction of sp³-hybridized carbons (Fsp3) is 0.333. The van der Waals surface area contributed by atoms with Gasteiger partial charge in [-0.05, 0) is 43.2 Å². The zero-order valence-corrected chi connectivity index (χ0v) is 13.9. The lowest BCUT2D eigenvalue weighted by atomic mass is 10.0. The van der Waals surface area contributed by atoms with Crippen molar-refractivity contribution < 1.29 is 9.90 Å². The highest BCUT2D eigenvalue weighted by Crippen LogP contribution is 2.16. The lowest BCUT2D eigenvalue weighted by molar-refractivity contribution is -0.131. The summed E-state index contributed by atoms with van der Waals surface area (Å²) in [6.45, 7) is 2.96. The van der Waals surface area contributed by atoms with Gasteiger partial charge >= 0.3 is 5.97 Å². The summed E-state index contributed by atoms with van der Waals surface area (Å²) < 4.78 is 0. The van der Waals surface area contributed by atoms with Gasteiger partial charge in [-0.3, -0.25) is 14.9 Å². The molecule has 0 aromatic carbocycles. The fourth-order valence-electron chi connectivity index (χ4n) is 2.93. The molecule has 3 rings (SSSR count). The first-order valence-electron chi connectivity index (χ1n) is 8.30. The maximum Gasteiger partial charge on any atom is 0.328 e. The van der Waals surface area contributed by atoms with Gasteiger partial charge in [0, 0.05) is 37.6 Å². The lowest BCUT2D eigenvalue weighted by Crippen LogP contribution is -2.41. The van der Waals surface area contributed by atoms with Crippen molar-refractivity contribution in [1.29, 1.82) is 0 Å². The van der Waals surface area contributed by atoms with Gasteiger partial charge in [-0.25, -0.2) is 9.78 Å². The number of hydrogen-bond donors (Lipinski definition) is 2. The molecule has 1 atom stereocenters. The van der Waals surface area contributed by atoms with Crippen molar-refractivity contribution in [1.82, 2.24) is 19.9 Å². The Hall–Kier alpha value is -2.80. The molecule has 3 heterocycles. The number of aliphatic carboxylic acids is 1. The van der Waals surface area contributed by atoms with Crippen molar-refractivity contribution in [2.24, 2.45) is 0 Å². The van der Waals surface area contributed by atoms with Crippen LogP contribution in [0.5, 0.6) is 0 Å². The van der Waals surface area contributed by atoms with Crippen LogP contribution in [0, 0.1) is 0 Å². The predicted molar refractivity (Wildman–Crippen MR) is 94.9 cm³/mol. The number of aromatic nitrogens is 3. The number of nitrogens with one attached hydrogen (secondary N) is 1. The number of likely N-dealkylation sites (tertiary alicyclic amines) is 1. The molecule has 2 aromatic heterocycles. The second kappa shape index (κ2) is 8.34. The highest BCUT2D eigenvalue weighted by Gasteiger charge is 2.20. The summed E-state index contributed by atoms with van der Waals surface area (Å²) in [7, 11) is 0. The standard InChI is InChI=1S/C18H21N5O2/c24-18(25)4-3-15-10-21-17(11-20-15)22-16-2-1-9-23(13-16)12-14-5-7-19-8-6-14/h3-8,10-11,16H,1-2,9,12-13H2,(H,21,22)(H,24,25)/b4-3+/t16-/m1/s1. The van der Waals surface area contributed by atoms with Gasteiger partial charge in [0.25, 0.3) is 0 Å². The molecule has 0 amide bonds. The van der Waals surface area contributed by atoms with Crippen LogP contribution >= 0.6 is 0 Å². The fourth-order valence-corrected chi connectivity index (χ4v) is 2.93. The molecule has 0 saturated carbocycles. The highest BCUT2D eigenvalue weighted by atomic mass is 16.4. The van der Waals surface area contributed by atoms with Gasteiger partial charge in [0.1, 0.15) is 5.82 Å². The molecular weight excluding hydrogens is 318 g/mol. The highest BCUT2D eigenvalue weighted by molar-refractivity contribution is 5.84. The number of pyridine rings is 1. The third kappa shape index (κ3) is 5.36. The van der Waals surface area contributed by atoms with E-state index in [4.69, 9.17) is 5.11 Å². The Balaban J connectivity index is 1.54. The molecule has 0 spiro atoms. The largest absolute Gasteiger partial charge is 0.478 e. The van der Waals surface area contributed by atoms with E-state index >= 15 is 0 Å². The molecule has 7 heteroatoms. The van der Waals surface area contributed by atoms with Crippen LogP contribution < -0.4 is 5.32 Å². The van der Waals surface area contributed by atoms with E-state index in [-0.39, 0.29) is 0 Å². The van der Waals surface area contributed by atoms with Gasteiger partial charge in [0.2, 0.25) is 0 Å². The maximum absolute atomic E-state index is 10.5. The van der Waals surface area contributed by atoms with Gasteiger partial charge in [-0.2, -0.15) is 0 Å². The summed E-state index contributed by atoms with van der Waals surface area (Å²) in [6.07, 6.45) is 11.6. The molecule has 0 bridgehead atoms. The first-order valence-corrected chi connectivity index (χ1v) is 8.30. The molecule has 0 aliphatic carbocycles. The smallest absolute Gasteiger partial charge is 0.328 e. The van der Waals surface area contributed by atoms with Crippen LogP contribution in [0.15, 0.2) is 43.0 Å². The van der Waals surface area contributed by atoms with E-state index in [1.165, 1.54) is 11.6 Å². The van der Waals surface area contributed by atoms with E-state index in [1.807, 2.05) is 24.5 Å². The number of nitrogens with zero attached hydrogens (tertiary/aromatic N) is 4. The molecule has 2 aromatic rings. The van der Waals surface area contributed by atoms with Crippen LogP contribution in [-0.2, 0) is 11.3 Å². The molecule has 1 aliphatic rings. The molecule has 2 N–H and O–H groups in total. The zero-order chi connectivity index (χ0) is 17.5. The van der Waals surface area contributed by atoms with Crippen molar-refractivity contribution >= 4 is 17.9 Å². The summed E-state index contributed by atoms with van der Waals surface area (Å²) >= 11 is 0. The maximum atomic E-state index is 10.5. The van der Waals surface area contributed by atoms with Crippen molar-refractivity contribution in [3.63, 3.8) is 0 Å². The minimum absolute atomic E-state index is 0.324. The van der Waals surface area contributed by atoms with E-state index in [9.17, 15) is 4.79 Å². The third-order valence-corrected chi connectivity index (χ3v) is 4.08. The summed E-state index contributed by atoms with van der Waals surface area (Å²) in [5, 5.41) is 12.0. The van der Waals surface area contributed by atoms with Crippen molar-refractivity contribution in [2.45, 2.75) is 25.4 Å². The topological polar surface area (TPSA) is 91.2 Å². The van der Waals surface area contributed by atoms with Gasteiger partial charge in [-0.15, -0.1) is 0 Å². The minimum atomic E-state index is -1.000. The molecule has 1 saturated heterocycles. The van der Waals surface area contributed by atoms with Crippen LogP contribution in [0.1, 0.15) is 24.1 Å². The summed E-state index contributed by atoms with van der Waals surface area (Å²) in [4.78, 5) is 25.5. The average molecular weight is 339 g/mol. The van der Waals surface area contributed by atoms with Gasteiger partial charge in [-0.1, -0.05) is 0 Å². The molecule has 25 heavy (non-hydrogen) atoms. The average Bonchev–Trinajstić information content (AvgIpc) is 2.62. The molecule has 0 radical (unpaired) electrons. The molecule has 7 nitrogen and oxygen atoms in total. The quantitative estimate of drug-likeness (QED) is 0.778. The van der Waals surface area contributed by atoms with E-state index in [1.54, 1.807) is 12.4 Å². The summed E-state index contributed by atoms with van der Waals surface area (Å²) in [5.74, 6) is -0.288. The Labute approximate surface area is 146 Å². The van der Waals surface area contributed by atoms with Gasteiger partial charge < -0.3 is 10.4 Å². The Morgan fingerprint density at radius 1 is 1.32 bits per heavy atom. The van der Waals surface area contributed by atoms with Crippen molar-refractivity contribution in [3.8, 4) is 0 Å². The van der Waals surface area contributed by atoms with E-state index in [0.29, 0.717) is 17.6 Å². The van der Waals surface area contributed by atoms with E-state index in [2.05, 4.69) is 25.2 Å². The molecule has 1 aliphatic heterocycles. The van der Waals surface area contributed by atoms with Crippen molar-refractivity contribution in [2.75, 3.05) is 18.4 Å². The predicted octanol–water partition coefficient (Wildman–Crippen LogP) is 2.05. The Bertz CT molecular complexity index is 718. The first-order chi connectivity index (χ1) is 12.2. The third-order valence-electron chi connectivity index (χ3n) is 4.08. The summed E-state index contributed by atoms with van der Waals surface area (Å²) in [6, 6.07) is 4.42. The molecule has 0 unspecified atom stereocenters. The molecule has 1 fully saturated rings.